The predicted octanol–water partition coefficient (Wildman–Crippen LogP) is 5.56. The molecular weight excluding hydrogens is 457 g/mol. The highest BCUT2D eigenvalue weighted by Gasteiger charge is 2.31. The van der Waals surface area contributed by atoms with Gasteiger partial charge in [-0.05, 0) is 47.4 Å². The van der Waals surface area contributed by atoms with Gasteiger partial charge in [-0.15, -0.1) is 11.3 Å². The molecule has 0 aliphatic carbocycles. The van der Waals surface area contributed by atoms with Crippen LogP contribution in [0.2, 0.25) is 0 Å². The zero-order valence-electron chi connectivity index (χ0n) is 16.6. The molecular formula is C23H17F3N2O2S2. The number of hydrogen-bond donors (Lipinski definition) is 1. The molecule has 0 atom stereocenters. The van der Waals surface area contributed by atoms with Gasteiger partial charge < -0.3 is 5.32 Å². The van der Waals surface area contributed by atoms with Crippen LogP contribution in [0.4, 0.5) is 18.9 Å². The van der Waals surface area contributed by atoms with Crippen LogP contribution < -0.4 is 10.2 Å². The summed E-state index contributed by atoms with van der Waals surface area (Å²) in [6.45, 7) is 0.218. The highest BCUT2D eigenvalue weighted by atomic mass is 32.2. The molecule has 164 valence electrons. The quantitative estimate of drug-likeness (QED) is 0.493. The Labute approximate surface area is 190 Å². The Balaban J connectivity index is 1.56. The fourth-order valence-corrected chi connectivity index (χ4v) is 4.84. The predicted molar refractivity (Wildman–Crippen MR) is 120 cm³/mol. The molecule has 4 nitrogen and oxygen atoms in total. The van der Waals surface area contributed by atoms with Crippen molar-refractivity contribution in [2.75, 3.05) is 11.4 Å². The number of para-hydroxylation sites is 1. The van der Waals surface area contributed by atoms with Crippen LogP contribution in [0.25, 0.3) is 6.08 Å². The van der Waals surface area contributed by atoms with Crippen molar-refractivity contribution in [1.29, 1.82) is 0 Å². The summed E-state index contributed by atoms with van der Waals surface area (Å²) in [5, 5.41) is 4.73. The van der Waals surface area contributed by atoms with Gasteiger partial charge in [-0.3, -0.25) is 14.5 Å². The van der Waals surface area contributed by atoms with Crippen molar-refractivity contribution in [1.82, 2.24) is 5.32 Å². The van der Waals surface area contributed by atoms with Crippen LogP contribution in [-0.4, -0.2) is 18.4 Å². The number of nitrogens with one attached hydrogen (secondary N) is 1. The van der Waals surface area contributed by atoms with E-state index in [-0.39, 0.29) is 18.4 Å². The zero-order chi connectivity index (χ0) is 22.7. The lowest BCUT2D eigenvalue weighted by molar-refractivity contribution is -0.137. The molecule has 2 heterocycles. The number of alkyl halides is 3. The number of thiophene rings is 1. The molecule has 0 fully saturated rings. The van der Waals surface area contributed by atoms with E-state index in [1.807, 2.05) is 29.6 Å². The smallest absolute Gasteiger partial charge is 0.350 e. The first-order valence-corrected chi connectivity index (χ1v) is 11.3. The van der Waals surface area contributed by atoms with Crippen molar-refractivity contribution in [3.63, 3.8) is 0 Å². The van der Waals surface area contributed by atoms with E-state index in [2.05, 4.69) is 5.32 Å². The molecule has 1 N–H and O–H groups in total. The van der Waals surface area contributed by atoms with E-state index in [0.717, 1.165) is 21.9 Å². The average Bonchev–Trinajstić information content (AvgIpc) is 3.29. The van der Waals surface area contributed by atoms with Gasteiger partial charge in [-0.1, -0.05) is 42.1 Å². The number of anilines is 1. The summed E-state index contributed by atoms with van der Waals surface area (Å²) in [5.41, 5.74) is 0.338. The maximum atomic E-state index is 13.2. The second-order valence-electron chi connectivity index (χ2n) is 6.95. The van der Waals surface area contributed by atoms with Crippen LogP contribution in [0.15, 0.2) is 75.8 Å². The van der Waals surface area contributed by atoms with E-state index in [9.17, 15) is 22.8 Å². The second kappa shape index (κ2) is 9.22. The largest absolute Gasteiger partial charge is 0.416 e. The number of rotatable bonds is 5. The molecule has 9 heteroatoms. The number of nitrogens with zero attached hydrogens (tertiary/aromatic N) is 1. The molecule has 2 amide bonds. The first-order chi connectivity index (χ1) is 15.3. The topological polar surface area (TPSA) is 49.4 Å². The number of carbonyl (C=O) groups is 2. The van der Waals surface area contributed by atoms with E-state index in [4.69, 9.17) is 0 Å². The summed E-state index contributed by atoms with van der Waals surface area (Å²) in [5.74, 6) is -0.679. The van der Waals surface area contributed by atoms with Crippen molar-refractivity contribution >= 4 is 46.7 Å². The Bertz CT molecular complexity index is 1160. The fraction of sp³-hybridized carbons (Fsp3) is 0.130. The van der Waals surface area contributed by atoms with E-state index in [1.54, 1.807) is 18.2 Å². The van der Waals surface area contributed by atoms with Gasteiger partial charge in [0.05, 0.1) is 22.7 Å². The Hall–Kier alpha value is -3.04. The summed E-state index contributed by atoms with van der Waals surface area (Å²) in [6, 6.07) is 15.6. The number of halogens is 3. The van der Waals surface area contributed by atoms with Crippen LogP contribution in [0, 0.1) is 0 Å². The number of carbonyl (C=O) groups excluding carboxylic acids is 2. The SMILES string of the molecule is O=C(CN1C(=O)/C(=C\c2ccc(C(F)(F)F)cc2)Sc2ccccc21)NCc1cccs1. The molecule has 0 saturated carbocycles. The second-order valence-corrected chi connectivity index (χ2v) is 9.06. The fourth-order valence-electron chi connectivity index (χ4n) is 3.14. The van der Waals surface area contributed by atoms with E-state index < -0.39 is 11.7 Å². The van der Waals surface area contributed by atoms with Gasteiger partial charge in [0, 0.05) is 9.77 Å². The summed E-state index contributed by atoms with van der Waals surface area (Å²) in [4.78, 5) is 29.2. The van der Waals surface area contributed by atoms with Gasteiger partial charge in [0.2, 0.25) is 5.91 Å². The van der Waals surface area contributed by atoms with Crippen LogP contribution >= 0.6 is 23.1 Å². The van der Waals surface area contributed by atoms with Crippen molar-refractivity contribution < 1.29 is 22.8 Å². The van der Waals surface area contributed by atoms with Crippen molar-refractivity contribution in [3.05, 3.63) is 87.0 Å². The molecule has 4 rings (SSSR count). The van der Waals surface area contributed by atoms with Crippen LogP contribution in [-0.2, 0) is 22.3 Å². The first kappa shape index (κ1) is 22.2. The van der Waals surface area contributed by atoms with Gasteiger partial charge in [0.15, 0.2) is 0 Å². The van der Waals surface area contributed by atoms with Crippen LogP contribution in [0.1, 0.15) is 16.0 Å². The molecule has 0 radical (unpaired) electrons. The molecule has 1 aliphatic rings. The maximum absolute atomic E-state index is 13.2. The third-order valence-corrected chi connectivity index (χ3v) is 6.66. The van der Waals surface area contributed by atoms with Gasteiger partial charge in [-0.25, -0.2) is 0 Å². The lowest BCUT2D eigenvalue weighted by atomic mass is 10.1. The Kier molecular flexibility index (Phi) is 6.38. The number of fused-ring (bicyclic) bond motifs is 1. The summed E-state index contributed by atoms with van der Waals surface area (Å²) in [7, 11) is 0. The van der Waals surface area contributed by atoms with E-state index >= 15 is 0 Å². The van der Waals surface area contributed by atoms with Gasteiger partial charge in [-0.2, -0.15) is 13.2 Å². The van der Waals surface area contributed by atoms with Gasteiger partial charge in [0.25, 0.3) is 5.91 Å². The molecule has 0 spiro atoms. The highest BCUT2D eigenvalue weighted by Crippen LogP contribution is 2.42. The molecule has 2 aromatic carbocycles. The van der Waals surface area contributed by atoms with Crippen LogP contribution in [0.3, 0.4) is 0 Å². The number of benzene rings is 2. The average molecular weight is 475 g/mol. The zero-order valence-corrected chi connectivity index (χ0v) is 18.2. The maximum Gasteiger partial charge on any atom is 0.416 e. The van der Waals surface area contributed by atoms with Crippen molar-refractivity contribution in [2.24, 2.45) is 0 Å². The third-order valence-electron chi connectivity index (χ3n) is 4.71. The Morgan fingerprint density at radius 2 is 1.78 bits per heavy atom. The summed E-state index contributed by atoms with van der Waals surface area (Å²) < 4.78 is 38.4. The number of amides is 2. The Morgan fingerprint density at radius 1 is 1.03 bits per heavy atom. The van der Waals surface area contributed by atoms with Crippen molar-refractivity contribution in [2.45, 2.75) is 17.6 Å². The minimum atomic E-state index is -4.42. The van der Waals surface area contributed by atoms with Crippen LogP contribution in [0.5, 0.6) is 0 Å². The standard InChI is InChI=1S/C23H17F3N2O2S2/c24-23(25,26)16-9-7-15(8-10-16)12-20-22(30)28(18-5-1-2-6-19(18)32-20)14-21(29)27-13-17-4-3-11-31-17/h1-12H,13-14H2,(H,27,29)/b20-12+. The number of hydrogen-bond acceptors (Lipinski definition) is 4. The molecule has 3 aromatic rings. The van der Waals surface area contributed by atoms with E-state index in [1.165, 1.54) is 40.1 Å². The van der Waals surface area contributed by atoms with Crippen molar-refractivity contribution in [3.8, 4) is 0 Å². The highest BCUT2D eigenvalue weighted by molar-refractivity contribution is 8.04. The minimum Gasteiger partial charge on any atom is -0.350 e. The third kappa shape index (κ3) is 5.05. The molecule has 0 unspecified atom stereocenters. The van der Waals surface area contributed by atoms with Gasteiger partial charge >= 0.3 is 6.18 Å². The molecule has 0 bridgehead atoms. The van der Waals surface area contributed by atoms with Gasteiger partial charge in [0.1, 0.15) is 6.54 Å². The number of thioether (sulfide) groups is 1. The molecule has 32 heavy (non-hydrogen) atoms. The monoisotopic (exact) mass is 474 g/mol. The normalized spacial score (nSPS) is 15.0. The lowest BCUT2D eigenvalue weighted by Crippen LogP contribution is -2.42. The molecule has 1 aromatic heterocycles. The minimum absolute atomic E-state index is 0.161. The summed E-state index contributed by atoms with van der Waals surface area (Å²) >= 11 is 2.76. The first-order valence-electron chi connectivity index (χ1n) is 9.58. The lowest BCUT2D eigenvalue weighted by Gasteiger charge is -2.29. The summed E-state index contributed by atoms with van der Waals surface area (Å²) in [6.07, 6.45) is -2.88. The molecule has 0 saturated heterocycles. The van der Waals surface area contributed by atoms with E-state index in [0.29, 0.717) is 22.7 Å². The Morgan fingerprint density at radius 3 is 2.47 bits per heavy atom. The molecule has 1 aliphatic heterocycles.